The topological polar surface area (TPSA) is 17.8 Å². The fraction of sp³-hybridized carbons (Fsp3) is 0.154. The molecule has 0 bridgehead atoms. The van der Waals surface area contributed by atoms with Crippen molar-refractivity contribution in [2.24, 2.45) is 0 Å². The Kier molecular flexibility index (Phi) is 2.26. The number of aryl methyl sites for hydroxylation is 1. The maximum Gasteiger partial charge on any atom is 0.0673 e. The highest BCUT2D eigenvalue weighted by molar-refractivity contribution is 7.17. The van der Waals surface area contributed by atoms with Crippen LogP contribution in [-0.4, -0.2) is 9.78 Å². The summed E-state index contributed by atoms with van der Waals surface area (Å²) in [5.74, 6) is 0. The zero-order valence-corrected chi connectivity index (χ0v) is 9.87. The average Bonchev–Trinajstić information content (AvgIpc) is 2.87. The summed E-state index contributed by atoms with van der Waals surface area (Å²) in [6.07, 6.45) is 2.03. The van der Waals surface area contributed by atoms with E-state index in [9.17, 15) is 0 Å². The average molecular weight is 228 g/mol. The second-order valence-electron chi connectivity index (χ2n) is 3.91. The zero-order chi connectivity index (χ0) is 11.0. The second-order valence-corrected chi connectivity index (χ2v) is 4.82. The number of nitrogens with zero attached hydrogens (tertiary/aromatic N) is 2. The summed E-state index contributed by atoms with van der Waals surface area (Å²) >= 11 is 1.80. The molecule has 0 fully saturated rings. The minimum atomic E-state index is 0.859. The van der Waals surface area contributed by atoms with Gasteiger partial charge < -0.3 is 0 Å². The first-order chi connectivity index (χ1) is 7.83. The Morgan fingerprint density at radius 3 is 2.94 bits per heavy atom. The Morgan fingerprint density at radius 2 is 2.12 bits per heavy atom. The normalized spacial score (nSPS) is 11.1. The van der Waals surface area contributed by atoms with Crippen LogP contribution in [0.3, 0.4) is 0 Å². The van der Waals surface area contributed by atoms with E-state index in [0.717, 1.165) is 12.2 Å². The van der Waals surface area contributed by atoms with Crippen molar-refractivity contribution in [1.29, 1.82) is 0 Å². The summed E-state index contributed by atoms with van der Waals surface area (Å²) in [6, 6.07) is 10.6. The lowest BCUT2D eigenvalue weighted by atomic mass is 10.2. The van der Waals surface area contributed by atoms with Gasteiger partial charge in [-0.2, -0.15) is 5.10 Å². The van der Waals surface area contributed by atoms with Gasteiger partial charge in [-0.1, -0.05) is 18.2 Å². The second kappa shape index (κ2) is 3.76. The fourth-order valence-electron chi connectivity index (χ4n) is 1.88. The standard InChI is InChI=1S/C13H12N2S/c1-10-6-7-15(14-10)8-11-9-16-13-5-3-2-4-12(11)13/h2-7,9H,8H2,1H3. The summed E-state index contributed by atoms with van der Waals surface area (Å²) in [4.78, 5) is 0. The minimum Gasteiger partial charge on any atom is -0.268 e. The maximum atomic E-state index is 4.41. The highest BCUT2D eigenvalue weighted by atomic mass is 32.1. The molecule has 0 radical (unpaired) electrons. The molecule has 0 aliphatic carbocycles. The third kappa shape index (κ3) is 1.63. The van der Waals surface area contributed by atoms with Crippen LogP contribution >= 0.6 is 11.3 Å². The van der Waals surface area contributed by atoms with Crippen LogP contribution in [0, 0.1) is 6.92 Å². The van der Waals surface area contributed by atoms with E-state index in [0.29, 0.717) is 0 Å². The number of thiophene rings is 1. The summed E-state index contributed by atoms with van der Waals surface area (Å²) in [5.41, 5.74) is 2.42. The van der Waals surface area contributed by atoms with E-state index in [1.807, 2.05) is 23.9 Å². The van der Waals surface area contributed by atoms with Gasteiger partial charge in [0.2, 0.25) is 0 Å². The number of hydrogen-bond acceptors (Lipinski definition) is 2. The van der Waals surface area contributed by atoms with E-state index < -0.39 is 0 Å². The first-order valence-corrected chi connectivity index (χ1v) is 6.16. The van der Waals surface area contributed by atoms with Crippen molar-refractivity contribution in [3.05, 3.63) is 53.2 Å². The molecule has 0 saturated carbocycles. The lowest BCUT2D eigenvalue weighted by Gasteiger charge is -1.99. The highest BCUT2D eigenvalue weighted by Crippen LogP contribution is 2.25. The molecule has 0 saturated heterocycles. The fourth-order valence-corrected chi connectivity index (χ4v) is 2.83. The molecule has 0 unspecified atom stereocenters. The van der Waals surface area contributed by atoms with Gasteiger partial charge in [-0.25, -0.2) is 0 Å². The van der Waals surface area contributed by atoms with Crippen molar-refractivity contribution in [2.45, 2.75) is 13.5 Å². The van der Waals surface area contributed by atoms with Gasteiger partial charge in [-0.05, 0) is 35.4 Å². The molecule has 2 nitrogen and oxygen atoms in total. The van der Waals surface area contributed by atoms with E-state index in [2.05, 4.69) is 34.7 Å². The van der Waals surface area contributed by atoms with Gasteiger partial charge >= 0.3 is 0 Å². The van der Waals surface area contributed by atoms with E-state index in [1.165, 1.54) is 15.6 Å². The Bertz CT molecular complexity index is 621. The molecule has 1 aromatic carbocycles. The van der Waals surface area contributed by atoms with Crippen LogP contribution in [0.2, 0.25) is 0 Å². The number of fused-ring (bicyclic) bond motifs is 1. The van der Waals surface area contributed by atoms with E-state index in [1.54, 1.807) is 11.3 Å². The van der Waals surface area contributed by atoms with Crippen LogP contribution in [-0.2, 0) is 6.54 Å². The van der Waals surface area contributed by atoms with Crippen LogP contribution < -0.4 is 0 Å². The molecule has 0 aliphatic heterocycles. The van der Waals surface area contributed by atoms with Crippen molar-refractivity contribution in [2.75, 3.05) is 0 Å². The van der Waals surface area contributed by atoms with Crippen LogP contribution in [0.25, 0.3) is 10.1 Å². The smallest absolute Gasteiger partial charge is 0.0673 e. The summed E-state index contributed by atoms with van der Waals surface area (Å²) in [6.45, 7) is 2.88. The Morgan fingerprint density at radius 1 is 1.25 bits per heavy atom. The number of rotatable bonds is 2. The molecular weight excluding hydrogens is 216 g/mol. The monoisotopic (exact) mass is 228 g/mol. The third-order valence-electron chi connectivity index (χ3n) is 2.67. The molecule has 0 aliphatic rings. The molecule has 2 aromatic heterocycles. The van der Waals surface area contributed by atoms with Crippen molar-refractivity contribution in [3.8, 4) is 0 Å². The molecule has 16 heavy (non-hydrogen) atoms. The van der Waals surface area contributed by atoms with Crippen molar-refractivity contribution in [1.82, 2.24) is 9.78 Å². The number of benzene rings is 1. The maximum absolute atomic E-state index is 4.41. The van der Waals surface area contributed by atoms with Gasteiger partial charge in [0.15, 0.2) is 0 Å². The predicted molar refractivity (Wildman–Crippen MR) is 67.9 cm³/mol. The molecule has 0 atom stereocenters. The molecule has 80 valence electrons. The highest BCUT2D eigenvalue weighted by Gasteiger charge is 2.04. The summed E-state index contributed by atoms with van der Waals surface area (Å²) in [5, 5.41) is 7.99. The molecule has 3 aromatic rings. The molecule has 0 amide bonds. The van der Waals surface area contributed by atoms with Gasteiger partial charge in [-0.15, -0.1) is 11.3 Å². The molecule has 2 heterocycles. The van der Waals surface area contributed by atoms with Crippen molar-refractivity contribution in [3.63, 3.8) is 0 Å². The summed E-state index contributed by atoms with van der Waals surface area (Å²) in [7, 11) is 0. The largest absolute Gasteiger partial charge is 0.268 e. The van der Waals surface area contributed by atoms with E-state index in [-0.39, 0.29) is 0 Å². The molecule has 0 N–H and O–H groups in total. The lowest BCUT2D eigenvalue weighted by Crippen LogP contribution is -1.99. The van der Waals surface area contributed by atoms with E-state index in [4.69, 9.17) is 0 Å². The SMILES string of the molecule is Cc1ccn(Cc2csc3ccccc23)n1. The Labute approximate surface area is 98.1 Å². The van der Waals surface area contributed by atoms with Crippen LogP contribution in [0.4, 0.5) is 0 Å². The first-order valence-electron chi connectivity index (χ1n) is 5.28. The minimum absolute atomic E-state index is 0.859. The van der Waals surface area contributed by atoms with Gasteiger partial charge in [-0.3, -0.25) is 4.68 Å². The molecule has 0 spiro atoms. The number of hydrogen-bond donors (Lipinski definition) is 0. The van der Waals surface area contributed by atoms with Crippen LogP contribution in [0.1, 0.15) is 11.3 Å². The number of aromatic nitrogens is 2. The third-order valence-corrected chi connectivity index (χ3v) is 3.68. The Balaban J connectivity index is 2.00. The molecular formula is C13H12N2S. The molecule has 3 rings (SSSR count). The lowest BCUT2D eigenvalue weighted by molar-refractivity contribution is 0.684. The van der Waals surface area contributed by atoms with Crippen molar-refractivity contribution >= 4 is 21.4 Å². The van der Waals surface area contributed by atoms with E-state index >= 15 is 0 Å². The van der Waals surface area contributed by atoms with Crippen LogP contribution in [0.5, 0.6) is 0 Å². The first kappa shape index (κ1) is 9.60. The van der Waals surface area contributed by atoms with Gasteiger partial charge in [0.25, 0.3) is 0 Å². The van der Waals surface area contributed by atoms with Gasteiger partial charge in [0.05, 0.1) is 12.2 Å². The summed E-state index contributed by atoms with van der Waals surface area (Å²) < 4.78 is 3.34. The van der Waals surface area contributed by atoms with Crippen molar-refractivity contribution < 1.29 is 0 Å². The Hall–Kier alpha value is -1.61. The molecule has 3 heteroatoms. The van der Waals surface area contributed by atoms with Crippen LogP contribution in [0.15, 0.2) is 41.9 Å². The van der Waals surface area contributed by atoms with Gasteiger partial charge in [0.1, 0.15) is 0 Å². The quantitative estimate of drug-likeness (QED) is 0.657. The predicted octanol–water partition coefficient (Wildman–Crippen LogP) is 3.45. The van der Waals surface area contributed by atoms with Gasteiger partial charge in [0, 0.05) is 10.9 Å². The zero-order valence-electron chi connectivity index (χ0n) is 9.05.